The number of allylic oxidation sites excluding steroid dienone is 1. The zero-order valence-electron chi connectivity index (χ0n) is 6.66. The molecule has 0 bridgehead atoms. The lowest BCUT2D eigenvalue weighted by Crippen LogP contribution is -1.88. The average Bonchev–Trinajstić information content (AvgIpc) is 1.99. The van der Waals surface area contributed by atoms with Gasteiger partial charge in [0.15, 0.2) is 0 Å². The third kappa shape index (κ3) is 5.57. The van der Waals surface area contributed by atoms with E-state index in [1.54, 1.807) is 0 Å². The molecule has 0 amide bonds. The summed E-state index contributed by atoms with van der Waals surface area (Å²) in [6.07, 6.45) is 5.48. The van der Waals surface area contributed by atoms with E-state index in [0.717, 1.165) is 4.58 Å². The van der Waals surface area contributed by atoms with Gasteiger partial charge in [-0.05, 0) is 25.0 Å². The Balaban J connectivity index is 3.25. The molecule has 0 aromatic heterocycles. The van der Waals surface area contributed by atoms with Gasteiger partial charge in [0.05, 0.1) is 4.58 Å². The van der Waals surface area contributed by atoms with Crippen molar-refractivity contribution in [3.8, 4) is 0 Å². The molecule has 0 unspecified atom stereocenters. The first kappa shape index (κ1) is 10.8. The summed E-state index contributed by atoms with van der Waals surface area (Å²) in [7, 11) is 3.76. The van der Waals surface area contributed by atoms with Crippen molar-refractivity contribution >= 4 is 33.3 Å². The quantitative estimate of drug-likeness (QED) is 0.479. The van der Waals surface area contributed by atoms with Gasteiger partial charge in [-0.2, -0.15) is 11.8 Å². The minimum Gasteiger partial charge on any atom is -0.150 e. The fourth-order valence-corrected chi connectivity index (χ4v) is 3.93. The van der Waals surface area contributed by atoms with Crippen molar-refractivity contribution in [3.05, 3.63) is 11.5 Å². The molecule has 3 heteroatoms. The monoisotopic (exact) mass is 194 g/mol. The molecule has 0 fully saturated rings. The molecule has 0 aliphatic carbocycles. The van der Waals surface area contributed by atoms with Gasteiger partial charge in [-0.25, -0.2) is 0 Å². The van der Waals surface area contributed by atoms with Crippen molar-refractivity contribution in [3.63, 3.8) is 0 Å². The van der Waals surface area contributed by atoms with Crippen LogP contribution in [0.5, 0.6) is 0 Å². The molecule has 0 aromatic rings. The summed E-state index contributed by atoms with van der Waals surface area (Å²) in [5.74, 6) is 0. The molecule has 1 atom stereocenters. The Morgan fingerprint density at radius 2 is 2.20 bits per heavy atom. The Kier molecular flexibility index (Phi) is 8.52. The zero-order chi connectivity index (χ0) is 7.82. The summed E-state index contributed by atoms with van der Waals surface area (Å²) in [4.78, 5) is 0. The molecule has 0 radical (unpaired) electrons. The van der Waals surface area contributed by atoms with Crippen LogP contribution in [-0.2, 0) is 0 Å². The van der Waals surface area contributed by atoms with Gasteiger partial charge in [-0.15, -0.1) is 0 Å². The normalized spacial score (nSPS) is 14.3. The van der Waals surface area contributed by atoms with E-state index in [0.29, 0.717) is 0 Å². The highest BCUT2D eigenvalue weighted by Crippen LogP contribution is 2.34. The van der Waals surface area contributed by atoms with Crippen LogP contribution in [0, 0.1) is 0 Å². The van der Waals surface area contributed by atoms with Gasteiger partial charge in [-0.3, -0.25) is 0 Å². The van der Waals surface area contributed by atoms with E-state index in [4.69, 9.17) is 0 Å². The Labute approximate surface area is 76.0 Å². The van der Waals surface area contributed by atoms with Gasteiger partial charge < -0.3 is 0 Å². The molecule has 0 saturated carbocycles. The van der Waals surface area contributed by atoms with Crippen LogP contribution in [0.25, 0.3) is 0 Å². The lowest BCUT2D eigenvalue weighted by atomic mass is 10.6. The van der Waals surface area contributed by atoms with Crippen LogP contribution >= 0.6 is 33.3 Å². The minimum atomic E-state index is 0.751. The maximum Gasteiger partial charge on any atom is 0.0603 e. The lowest BCUT2D eigenvalue weighted by molar-refractivity contribution is 1.06. The second-order valence-corrected chi connectivity index (χ2v) is 5.46. The summed E-state index contributed by atoms with van der Waals surface area (Å²) < 4.78 is 0.751. The van der Waals surface area contributed by atoms with Crippen LogP contribution in [0.4, 0.5) is 0 Å². The molecule has 0 rings (SSSR count). The van der Waals surface area contributed by atoms with Crippen LogP contribution in [-0.4, -0.2) is 10.8 Å². The molecule has 60 valence electrons. The lowest BCUT2D eigenvalue weighted by Gasteiger charge is -2.07. The number of hydrogen-bond acceptors (Lipinski definition) is 3. The predicted molar refractivity (Wildman–Crippen MR) is 57.6 cm³/mol. The smallest absolute Gasteiger partial charge is 0.0603 e. The van der Waals surface area contributed by atoms with Crippen molar-refractivity contribution in [2.24, 2.45) is 0 Å². The highest BCUT2D eigenvalue weighted by Gasteiger charge is 2.01. The second-order valence-electron chi connectivity index (χ2n) is 1.74. The van der Waals surface area contributed by atoms with Gasteiger partial charge >= 0.3 is 0 Å². The Morgan fingerprint density at radius 1 is 1.50 bits per heavy atom. The maximum absolute atomic E-state index is 2.23. The molecular weight excluding hydrogens is 180 g/mol. The molecular formula is C7H14S3. The summed E-state index contributed by atoms with van der Waals surface area (Å²) in [5, 5.41) is 2.13. The van der Waals surface area contributed by atoms with E-state index < -0.39 is 0 Å². The van der Waals surface area contributed by atoms with Crippen LogP contribution in [0.1, 0.15) is 20.3 Å². The fraction of sp³-hybridized carbons (Fsp3) is 0.714. The molecule has 0 nitrogen and oxygen atoms in total. The standard InChI is InChI=1S/C7H14S3/c1-4-6-9-10-7(5-2)8-3/h4,6-7H,5H2,1-3H3/b6-4+/t7-/m1/s1. The van der Waals surface area contributed by atoms with Gasteiger partial charge in [0.1, 0.15) is 0 Å². The van der Waals surface area contributed by atoms with E-state index in [9.17, 15) is 0 Å². The molecule has 0 aromatic carbocycles. The third-order valence-corrected chi connectivity index (χ3v) is 5.45. The van der Waals surface area contributed by atoms with Gasteiger partial charge in [-0.1, -0.05) is 34.6 Å². The van der Waals surface area contributed by atoms with E-state index in [2.05, 4.69) is 24.7 Å². The molecule has 0 aliphatic rings. The summed E-state index contributed by atoms with van der Waals surface area (Å²) in [5.41, 5.74) is 0. The van der Waals surface area contributed by atoms with E-state index in [1.165, 1.54) is 6.42 Å². The molecule has 0 aliphatic heterocycles. The Hall–Kier alpha value is 0.790. The highest BCUT2D eigenvalue weighted by molar-refractivity contribution is 8.79. The predicted octanol–water partition coefficient (Wildman–Crippen LogP) is 4.00. The van der Waals surface area contributed by atoms with Crippen LogP contribution in [0.2, 0.25) is 0 Å². The average molecular weight is 194 g/mol. The maximum atomic E-state index is 2.23. The minimum absolute atomic E-state index is 0.751. The molecule has 10 heavy (non-hydrogen) atoms. The topological polar surface area (TPSA) is 0 Å². The van der Waals surface area contributed by atoms with Crippen molar-refractivity contribution in [2.75, 3.05) is 6.26 Å². The van der Waals surface area contributed by atoms with Crippen LogP contribution in [0.3, 0.4) is 0 Å². The summed E-state index contributed by atoms with van der Waals surface area (Å²) in [6.45, 7) is 4.28. The van der Waals surface area contributed by atoms with E-state index in [1.807, 2.05) is 40.3 Å². The van der Waals surface area contributed by atoms with Crippen LogP contribution < -0.4 is 0 Å². The number of rotatable bonds is 5. The second kappa shape index (κ2) is 7.89. The fourth-order valence-electron chi connectivity index (χ4n) is 0.424. The summed E-state index contributed by atoms with van der Waals surface area (Å²) in [6, 6.07) is 0. The molecule has 0 heterocycles. The van der Waals surface area contributed by atoms with Gasteiger partial charge in [0.25, 0.3) is 0 Å². The largest absolute Gasteiger partial charge is 0.150 e. The van der Waals surface area contributed by atoms with Crippen molar-refractivity contribution in [1.29, 1.82) is 0 Å². The Bertz CT molecular complexity index is 86.9. The molecule has 0 saturated heterocycles. The number of hydrogen-bond donors (Lipinski definition) is 0. The first-order chi connectivity index (χ1) is 4.85. The van der Waals surface area contributed by atoms with Gasteiger partial charge in [0, 0.05) is 0 Å². The zero-order valence-corrected chi connectivity index (χ0v) is 9.11. The van der Waals surface area contributed by atoms with E-state index in [-0.39, 0.29) is 0 Å². The van der Waals surface area contributed by atoms with Crippen LogP contribution in [0.15, 0.2) is 11.5 Å². The highest BCUT2D eigenvalue weighted by atomic mass is 33.1. The number of thioether (sulfide) groups is 1. The Morgan fingerprint density at radius 3 is 2.60 bits per heavy atom. The summed E-state index contributed by atoms with van der Waals surface area (Å²) >= 11 is 1.93. The SMILES string of the molecule is C/C=C/SS[C@H](CC)SC. The first-order valence-electron chi connectivity index (χ1n) is 3.31. The van der Waals surface area contributed by atoms with Crippen molar-refractivity contribution in [2.45, 2.75) is 24.9 Å². The van der Waals surface area contributed by atoms with Crippen molar-refractivity contribution in [1.82, 2.24) is 0 Å². The molecule has 0 N–H and O–H groups in total. The van der Waals surface area contributed by atoms with Gasteiger partial charge in [0.2, 0.25) is 0 Å². The third-order valence-electron chi connectivity index (χ3n) is 0.951. The molecule has 0 spiro atoms. The van der Waals surface area contributed by atoms with Crippen molar-refractivity contribution < 1.29 is 0 Å². The first-order valence-corrected chi connectivity index (χ1v) is 6.87. The van der Waals surface area contributed by atoms with E-state index >= 15 is 0 Å².